The van der Waals surface area contributed by atoms with Gasteiger partial charge in [-0.25, -0.2) is 18.4 Å². The average molecular weight is 387 g/mol. The third-order valence-electron chi connectivity index (χ3n) is 3.27. The summed E-state index contributed by atoms with van der Waals surface area (Å²) in [5.41, 5.74) is -0.266. The summed E-state index contributed by atoms with van der Waals surface area (Å²) in [6.07, 6.45) is 1.44. The number of anilines is 1. The number of carboxylic acid groups (broad SMARTS) is 1. The molecular weight excluding hydrogens is 372 g/mol. The molecule has 0 atom stereocenters. The minimum Gasteiger partial charge on any atom is -0.478 e. The maximum atomic E-state index is 11.6. The maximum Gasteiger partial charge on any atom is 0.337 e. The van der Waals surface area contributed by atoms with E-state index in [0.717, 1.165) is 12.1 Å². The van der Waals surface area contributed by atoms with Crippen LogP contribution in [0.3, 0.4) is 0 Å². The molecule has 8 nitrogen and oxygen atoms in total. The zero-order valence-electron chi connectivity index (χ0n) is 13.1. The van der Waals surface area contributed by atoms with Crippen LogP contribution in [0.15, 0.2) is 39.8 Å². The Morgan fingerprint density at radius 3 is 2.52 bits per heavy atom. The highest BCUT2D eigenvalue weighted by Crippen LogP contribution is 2.31. The van der Waals surface area contributed by atoms with Crippen molar-refractivity contribution in [3.05, 3.63) is 46.9 Å². The molecule has 0 bridgehead atoms. The number of carboxylic acids is 1. The number of hydrogen-bond acceptors (Lipinski definition) is 6. The van der Waals surface area contributed by atoms with E-state index >= 15 is 0 Å². The number of aromatic carboxylic acids is 1. The molecule has 0 saturated heterocycles. The SMILES string of the molecule is CC(=O)CN(Cc1ccco1)c1cc(Cl)c(S(N)(=O)=O)cc1C(=O)O. The van der Waals surface area contributed by atoms with Gasteiger partial charge in [0.25, 0.3) is 0 Å². The first-order valence-electron chi connectivity index (χ1n) is 6.96. The summed E-state index contributed by atoms with van der Waals surface area (Å²) >= 11 is 5.97. The third-order valence-corrected chi connectivity index (χ3v) is 4.64. The molecular formula is C15H15ClN2O6S. The van der Waals surface area contributed by atoms with E-state index in [-0.39, 0.29) is 35.1 Å². The van der Waals surface area contributed by atoms with Gasteiger partial charge in [0.1, 0.15) is 16.4 Å². The van der Waals surface area contributed by atoms with E-state index in [1.54, 1.807) is 12.1 Å². The predicted octanol–water partition coefficient (Wildman–Crippen LogP) is 1.87. The summed E-state index contributed by atoms with van der Waals surface area (Å²) in [5, 5.41) is 14.3. The van der Waals surface area contributed by atoms with Gasteiger partial charge >= 0.3 is 5.97 Å². The first-order chi connectivity index (χ1) is 11.6. The number of carbonyl (C=O) groups excluding carboxylic acids is 1. The Kier molecular flexibility index (Phi) is 5.51. The van der Waals surface area contributed by atoms with Gasteiger partial charge < -0.3 is 14.4 Å². The van der Waals surface area contributed by atoms with Crippen molar-refractivity contribution < 1.29 is 27.5 Å². The number of Topliss-reactive ketones (excluding diaryl/α,β-unsaturated/α-hetero) is 1. The van der Waals surface area contributed by atoms with E-state index in [2.05, 4.69) is 0 Å². The van der Waals surface area contributed by atoms with Gasteiger partial charge in [-0.2, -0.15) is 0 Å². The zero-order chi connectivity index (χ0) is 18.8. The van der Waals surface area contributed by atoms with Crippen LogP contribution >= 0.6 is 11.6 Å². The lowest BCUT2D eigenvalue weighted by Gasteiger charge is -2.25. The molecule has 0 unspecified atom stereocenters. The molecule has 10 heteroatoms. The van der Waals surface area contributed by atoms with Crippen LogP contribution in [0.1, 0.15) is 23.0 Å². The highest BCUT2D eigenvalue weighted by Gasteiger charge is 2.24. The van der Waals surface area contributed by atoms with Gasteiger partial charge in [-0.05, 0) is 31.2 Å². The maximum absolute atomic E-state index is 11.6. The summed E-state index contributed by atoms with van der Waals surface area (Å²) in [4.78, 5) is 24.1. The van der Waals surface area contributed by atoms with Crippen molar-refractivity contribution in [1.82, 2.24) is 0 Å². The molecule has 0 aliphatic carbocycles. The van der Waals surface area contributed by atoms with E-state index in [1.807, 2.05) is 0 Å². The van der Waals surface area contributed by atoms with Crippen molar-refractivity contribution >= 4 is 39.1 Å². The molecule has 0 spiro atoms. The molecule has 0 radical (unpaired) electrons. The number of rotatable bonds is 7. The number of carbonyl (C=O) groups is 2. The first kappa shape index (κ1) is 19.0. The van der Waals surface area contributed by atoms with Crippen LogP contribution in [0, 0.1) is 0 Å². The van der Waals surface area contributed by atoms with Gasteiger partial charge in [-0.3, -0.25) is 4.79 Å². The highest BCUT2D eigenvalue weighted by atomic mass is 35.5. The fourth-order valence-electron chi connectivity index (χ4n) is 2.28. The molecule has 2 aromatic rings. The van der Waals surface area contributed by atoms with Crippen molar-refractivity contribution in [3.63, 3.8) is 0 Å². The van der Waals surface area contributed by atoms with Gasteiger partial charge in [0.15, 0.2) is 0 Å². The molecule has 1 aromatic carbocycles. The summed E-state index contributed by atoms with van der Waals surface area (Å²) in [6, 6.07) is 5.35. The molecule has 3 N–H and O–H groups in total. The summed E-state index contributed by atoms with van der Waals surface area (Å²) in [6.45, 7) is 1.32. The Bertz CT molecular complexity index is 908. The summed E-state index contributed by atoms with van der Waals surface area (Å²) in [7, 11) is -4.20. The molecule has 25 heavy (non-hydrogen) atoms. The topological polar surface area (TPSA) is 131 Å². The van der Waals surface area contributed by atoms with Gasteiger partial charge in [0, 0.05) is 0 Å². The molecule has 0 amide bonds. The fraction of sp³-hybridized carbons (Fsp3) is 0.200. The number of primary sulfonamides is 1. The monoisotopic (exact) mass is 386 g/mol. The van der Waals surface area contributed by atoms with Crippen LogP contribution in [0.5, 0.6) is 0 Å². The number of nitrogens with zero attached hydrogens (tertiary/aromatic N) is 1. The predicted molar refractivity (Wildman–Crippen MR) is 90.2 cm³/mol. The smallest absolute Gasteiger partial charge is 0.337 e. The minimum absolute atomic E-state index is 0.0801. The fourth-order valence-corrected chi connectivity index (χ4v) is 3.37. The molecule has 1 heterocycles. The summed E-state index contributed by atoms with van der Waals surface area (Å²) in [5.74, 6) is -1.12. The Morgan fingerprint density at radius 1 is 1.36 bits per heavy atom. The average Bonchev–Trinajstić information content (AvgIpc) is 2.97. The normalized spacial score (nSPS) is 11.3. The van der Waals surface area contributed by atoms with Crippen LogP contribution in [-0.4, -0.2) is 31.8 Å². The number of nitrogens with two attached hydrogens (primary N) is 1. The first-order valence-corrected chi connectivity index (χ1v) is 8.88. The molecule has 0 aliphatic rings. The lowest BCUT2D eigenvalue weighted by atomic mass is 10.1. The summed E-state index contributed by atoms with van der Waals surface area (Å²) < 4.78 is 28.3. The molecule has 0 saturated carbocycles. The Morgan fingerprint density at radius 2 is 2.04 bits per heavy atom. The standard InChI is InChI=1S/C15H15ClN2O6S/c1-9(19)7-18(8-10-3-2-4-24-10)13-6-12(16)14(25(17,22)23)5-11(13)15(20)21/h2-6H,7-8H2,1H3,(H,20,21)(H2,17,22,23). The van der Waals surface area contributed by atoms with Crippen LogP contribution in [0.4, 0.5) is 5.69 Å². The molecule has 0 fully saturated rings. The number of furan rings is 1. The van der Waals surface area contributed by atoms with Crippen molar-refractivity contribution in [2.75, 3.05) is 11.4 Å². The van der Waals surface area contributed by atoms with Crippen molar-refractivity contribution in [3.8, 4) is 0 Å². The van der Waals surface area contributed by atoms with E-state index in [9.17, 15) is 23.1 Å². The third kappa shape index (κ3) is 4.59. The van der Waals surface area contributed by atoms with Crippen LogP contribution < -0.4 is 10.0 Å². The van der Waals surface area contributed by atoms with Gasteiger partial charge in [0.05, 0.1) is 35.6 Å². The number of halogens is 1. The number of sulfonamides is 1. The Labute approximate surface area is 148 Å². The zero-order valence-corrected chi connectivity index (χ0v) is 14.7. The number of benzene rings is 1. The second-order valence-electron chi connectivity index (χ2n) is 5.29. The van der Waals surface area contributed by atoms with E-state index in [1.165, 1.54) is 18.1 Å². The van der Waals surface area contributed by atoms with Gasteiger partial charge in [-0.1, -0.05) is 11.6 Å². The Hall–Kier alpha value is -2.36. The molecule has 0 aliphatic heterocycles. The van der Waals surface area contributed by atoms with E-state index in [4.69, 9.17) is 21.2 Å². The van der Waals surface area contributed by atoms with Crippen LogP contribution in [-0.2, 0) is 21.4 Å². The van der Waals surface area contributed by atoms with Gasteiger partial charge in [-0.15, -0.1) is 0 Å². The van der Waals surface area contributed by atoms with Crippen molar-refractivity contribution in [2.24, 2.45) is 5.14 Å². The second-order valence-corrected chi connectivity index (χ2v) is 7.22. The van der Waals surface area contributed by atoms with E-state index < -0.39 is 20.9 Å². The second kappa shape index (κ2) is 7.26. The molecule has 134 valence electrons. The van der Waals surface area contributed by atoms with Crippen LogP contribution in [0.25, 0.3) is 0 Å². The van der Waals surface area contributed by atoms with Gasteiger partial charge in [0.2, 0.25) is 10.0 Å². The largest absolute Gasteiger partial charge is 0.478 e. The lowest BCUT2D eigenvalue weighted by molar-refractivity contribution is -0.115. The quantitative estimate of drug-likeness (QED) is 0.742. The van der Waals surface area contributed by atoms with Crippen molar-refractivity contribution in [2.45, 2.75) is 18.4 Å². The van der Waals surface area contributed by atoms with Crippen molar-refractivity contribution in [1.29, 1.82) is 0 Å². The van der Waals surface area contributed by atoms with E-state index in [0.29, 0.717) is 5.76 Å². The lowest BCUT2D eigenvalue weighted by Crippen LogP contribution is -2.30. The molecule has 1 aromatic heterocycles. The number of hydrogen-bond donors (Lipinski definition) is 2. The Balaban J connectivity index is 2.60. The minimum atomic E-state index is -4.20. The number of ketones is 1. The van der Waals surface area contributed by atoms with Crippen LogP contribution in [0.2, 0.25) is 5.02 Å². The highest BCUT2D eigenvalue weighted by molar-refractivity contribution is 7.89. The molecule has 2 rings (SSSR count).